The van der Waals surface area contributed by atoms with Gasteiger partial charge in [-0.3, -0.25) is 4.98 Å². The molecule has 2 N–H and O–H groups in total. The highest BCUT2D eigenvalue weighted by molar-refractivity contribution is 5.67. The molecule has 19 heavy (non-hydrogen) atoms. The zero-order chi connectivity index (χ0) is 13.2. The SMILES string of the molecule is Cc1ccnc(N2CCCC2c2cccnc2)c1N. The first-order valence-electron chi connectivity index (χ1n) is 6.65. The summed E-state index contributed by atoms with van der Waals surface area (Å²) in [4.78, 5) is 11.0. The molecule has 1 fully saturated rings. The van der Waals surface area contributed by atoms with Crippen molar-refractivity contribution in [2.75, 3.05) is 17.2 Å². The molecule has 1 aliphatic heterocycles. The molecule has 0 radical (unpaired) electrons. The Hall–Kier alpha value is -2.10. The normalized spacial score (nSPS) is 18.8. The van der Waals surface area contributed by atoms with Gasteiger partial charge in [0.25, 0.3) is 0 Å². The number of nitrogen functional groups attached to an aromatic ring is 1. The number of pyridine rings is 2. The summed E-state index contributed by atoms with van der Waals surface area (Å²) in [6.45, 7) is 3.02. The summed E-state index contributed by atoms with van der Waals surface area (Å²) in [5.74, 6) is 0.909. The molecule has 3 rings (SSSR count). The van der Waals surface area contributed by atoms with Crippen LogP contribution in [0.25, 0.3) is 0 Å². The Bertz CT molecular complexity index is 568. The molecule has 1 saturated heterocycles. The molecule has 2 aromatic heterocycles. The van der Waals surface area contributed by atoms with Crippen molar-refractivity contribution in [2.24, 2.45) is 0 Å². The molecule has 3 heterocycles. The third-order valence-electron chi connectivity index (χ3n) is 3.78. The topological polar surface area (TPSA) is 55.0 Å². The fourth-order valence-corrected chi connectivity index (χ4v) is 2.72. The quantitative estimate of drug-likeness (QED) is 0.895. The number of aryl methyl sites for hydroxylation is 1. The minimum atomic E-state index is 0.338. The highest BCUT2D eigenvalue weighted by atomic mass is 15.2. The van der Waals surface area contributed by atoms with E-state index in [2.05, 4.69) is 20.9 Å². The molecule has 2 aromatic rings. The van der Waals surface area contributed by atoms with E-state index in [0.717, 1.165) is 36.5 Å². The van der Waals surface area contributed by atoms with Crippen LogP contribution in [-0.2, 0) is 0 Å². The predicted molar refractivity (Wildman–Crippen MR) is 76.9 cm³/mol. The van der Waals surface area contributed by atoms with Crippen molar-refractivity contribution in [2.45, 2.75) is 25.8 Å². The lowest BCUT2D eigenvalue weighted by molar-refractivity contribution is 0.709. The Morgan fingerprint density at radius 3 is 3.00 bits per heavy atom. The van der Waals surface area contributed by atoms with Crippen molar-refractivity contribution in [3.8, 4) is 0 Å². The number of hydrogen-bond acceptors (Lipinski definition) is 4. The summed E-state index contributed by atoms with van der Waals surface area (Å²) < 4.78 is 0. The second-order valence-corrected chi connectivity index (χ2v) is 5.00. The molecule has 0 amide bonds. The summed E-state index contributed by atoms with van der Waals surface area (Å²) in [5.41, 5.74) is 9.30. The minimum Gasteiger partial charge on any atom is -0.396 e. The number of rotatable bonds is 2. The van der Waals surface area contributed by atoms with Crippen LogP contribution in [0.15, 0.2) is 36.8 Å². The van der Waals surface area contributed by atoms with Crippen molar-refractivity contribution < 1.29 is 0 Å². The molecule has 1 aliphatic rings. The fourth-order valence-electron chi connectivity index (χ4n) is 2.72. The van der Waals surface area contributed by atoms with Gasteiger partial charge in [-0.1, -0.05) is 6.07 Å². The summed E-state index contributed by atoms with van der Waals surface area (Å²) >= 11 is 0. The summed E-state index contributed by atoms with van der Waals surface area (Å²) in [7, 11) is 0. The maximum Gasteiger partial charge on any atom is 0.152 e. The fraction of sp³-hybridized carbons (Fsp3) is 0.333. The Morgan fingerprint density at radius 2 is 2.21 bits per heavy atom. The minimum absolute atomic E-state index is 0.338. The number of nitrogens with zero attached hydrogens (tertiary/aromatic N) is 3. The van der Waals surface area contributed by atoms with E-state index in [9.17, 15) is 0 Å². The van der Waals surface area contributed by atoms with Gasteiger partial charge in [-0.05, 0) is 43.0 Å². The van der Waals surface area contributed by atoms with Crippen LogP contribution in [0.4, 0.5) is 11.5 Å². The largest absolute Gasteiger partial charge is 0.396 e. The molecule has 0 aromatic carbocycles. The second-order valence-electron chi connectivity index (χ2n) is 5.00. The van der Waals surface area contributed by atoms with Crippen molar-refractivity contribution in [1.82, 2.24) is 9.97 Å². The van der Waals surface area contributed by atoms with Gasteiger partial charge in [0, 0.05) is 25.1 Å². The van der Waals surface area contributed by atoms with Crippen LogP contribution in [0.1, 0.15) is 30.0 Å². The van der Waals surface area contributed by atoms with Gasteiger partial charge in [0.1, 0.15) is 0 Å². The van der Waals surface area contributed by atoms with Gasteiger partial charge in [0.15, 0.2) is 5.82 Å². The molecule has 0 spiro atoms. The van der Waals surface area contributed by atoms with E-state index in [1.807, 2.05) is 37.6 Å². The van der Waals surface area contributed by atoms with Crippen LogP contribution in [0.3, 0.4) is 0 Å². The smallest absolute Gasteiger partial charge is 0.152 e. The van der Waals surface area contributed by atoms with Crippen LogP contribution in [0.5, 0.6) is 0 Å². The van der Waals surface area contributed by atoms with Gasteiger partial charge in [-0.15, -0.1) is 0 Å². The van der Waals surface area contributed by atoms with Crippen molar-refractivity contribution in [3.05, 3.63) is 47.9 Å². The Kier molecular flexibility index (Phi) is 3.07. The monoisotopic (exact) mass is 254 g/mol. The van der Waals surface area contributed by atoms with Crippen LogP contribution in [0, 0.1) is 6.92 Å². The highest BCUT2D eigenvalue weighted by Crippen LogP contribution is 2.37. The predicted octanol–water partition coefficient (Wildman–Crippen LogP) is 2.71. The first-order chi connectivity index (χ1) is 9.27. The summed E-state index contributed by atoms with van der Waals surface area (Å²) in [6.07, 6.45) is 7.87. The Labute approximate surface area is 113 Å². The molecule has 1 unspecified atom stereocenters. The second kappa shape index (κ2) is 4.88. The van der Waals surface area contributed by atoms with Crippen molar-refractivity contribution >= 4 is 11.5 Å². The lowest BCUT2D eigenvalue weighted by atomic mass is 10.1. The third kappa shape index (κ3) is 2.14. The van der Waals surface area contributed by atoms with E-state index in [-0.39, 0.29) is 0 Å². The van der Waals surface area contributed by atoms with Gasteiger partial charge in [0.05, 0.1) is 11.7 Å². The van der Waals surface area contributed by atoms with E-state index >= 15 is 0 Å². The Balaban J connectivity index is 1.98. The molecular weight excluding hydrogens is 236 g/mol. The first kappa shape index (κ1) is 12.0. The van der Waals surface area contributed by atoms with E-state index in [0.29, 0.717) is 6.04 Å². The number of anilines is 2. The maximum absolute atomic E-state index is 6.18. The zero-order valence-electron chi connectivity index (χ0n) is 11.1. The molecule has 0 saturated carbocycles. The molecule has 0 bridgehead atoms. The summed E-state index contributed by atoms with van der Waals surface area (Å²) in [5, 5.41) is 0. The lowest BCUT2D eigenvalue weighted by Gasteiger charge is -2.27. The van der Waals surface area contributed by atoms with Gasteiger partial charge in [-0.25, -0.2) is 4.98 Å². The van der Waals surface area contributed by atoms with Crippen LogP contribution in [0.2, 0.25) is 0 Å². The average molecular weight is 254 g/mol. The van der Waals surface area contributed by atoms with Crippen molar-refractivity contribution in [3.63, 3.8) is 0 Å². The lowest BCUT2D eigenvalue weighted by Crippen LogP contribution is -2.24. The van der Waals surface area contributed by atoms with E-state index in [1.165, 1.54) is 5.56 Å². The Morgan fingerprint density at radius 1 is 1.32 bits per heavy atom. The zero-order valence-corrected chi connectivity index (χ0v) is 11.1. The van der Waals surface area contributed by atoms with E-state index < -0.39 is 0 Å². The van der Waals surface area contributed by atoms with E-state index in [1.54, 1.807) is 0 Å². The molecule has 98 valence electrons. The van der Waals surface area contributed by atoms with Gasteiger partial charge in [0.2, 0.25) is 0 Å². The third-order valence-corrected chi connectivity index (χ3v) is 3.78. The van der Waals surface area contributed by atoms with Crippen LogP contribution >= 0.6 is 0 Å². The van der Waals surface area contributed by atoms with Gasteiger partial charge < -0.3 is 10.6 Å². The standard InChI is InChI=1S/C15H18N4/c1-11-6-8-18-15(14(11)16)19-9-3-5-13(19)12-4-2-7-17-10-12/h2,4,6-8,10,13H,3,5,9,16H2,1H3. The van der Waals surface area contributed by atoms with Crippen molar-refractivity contribution in [1.29, 1.82) is 0 Å². The molecule has 1 atom stereocenters. The first-order valence-corrected chi connectivity index (χ1v) is 6.65. The highest BCUT2D eigenvalue weighted by Gasteiger charge is 2.28. The maximum atomic E-state index is 6.18. The molecule has 4 heteroatoms. The van der Waals surface area contributed by atoms with Gasteiger partial charge in [-0.2, -0.15) is 0 Å². The summed E-state index contributed by atoms with van der Waals surface area (Å²) in [6, 6.07) is 6.40. The van der Waals surface area contributed by atoms with Crippen LogP contribution < -0.4 is 10.6 Å². The molecule has 0 aliphatic carbocycles. The number of nitrogens with two attached hydrogens (primary N) is 1. The average Bonchev–Trinajstić information content (AvgIpc) is 2.92. The van der Waals surface area contributed by atoms with Gasteiger partial charge >= 0.3 is 0 Å². The number of aromatic nitrogens is 2. The van der Waals surface area contributed by atoms with Crippen LogP contribution in [-0.4, -0.2) is 16.5 Å². The number of hydrogen-bond donors (Lipinski definition) is 1. The van der Waals surface area contributed by atoms with E-state index in [4.69, 9.17) is 5.73 Å². The molecule has 4 nitrogen and oxygen atoms in total. The molecular formula is C15H18N4.